The molecule has 0 atom stereocenters. The van der Waals surface area contributed by atoms with E-state index in [1.165, 1.54) is 0 Å². The second-order valence-electron chi connectivity index (χ2n) is 6.85. The molecule has 0 amide bonds. The molecule has 0 unspecified atom stereocenters. The molecular weight excluding hydrogens is 466 g/mol. The first kappa shape index (κ1) is 25.1. The van der Waals surface area contributed by atoms with Crippen LogP contribution in [0, 0.1) is 11.3 Å². The Morgan fingerprint density at radius 2 is 1.17 bits per heavy atom. The van der Waals surface area contributed by atoms with E-state index in [0.717, 1.165) is 11.4 Å². The molecule has 0 aliphatic heterocycles. The number of anilines is 6. The number of halogens is 1. The first-order chi connectivity index (χ1) is 16.9. The minimum absolute atomic E-state index is 0.0203. The summed E-state index contributed by atoms with van der Waals surface area (Å²) in [5, 5.41) is 8.93. The average molecular weight is 490 g/mol. The van der Waals surface area contributed by atoms with Crippen LogP contribution in [0.25, 0.3) is 0 Å². The molecule has 178 valence electrons. The molecule has 12 heteroatoms. The average Bonchev–Trinajstić information content (AvgIpc) is 2.86. The first-order valence-corrected chi connectivity index (χ1v) is 11.1. The molecule has 0 saturated heterocycles. The Hall–Kier alpha value is -4.56. The van der Waals surface area contributed by atoms with E-state index < -0.39 is 0 Å². The number of rotatable bonds is 6. The lowest BCUT2D eigenvalue weighted by Gasteiger charge is -2.20. The summed E-state index contributed by atoms with van der Waals surface area (Å²) in [7, 11) is 0. The molecule has 0 fully saturated rings. The van der Waals surface area contributed by atoms with E-state index in [0.29, 0.717) is 25.0 Å². The van der Waals surface area contributed by atoms with Crippen molar-refractivity contribution in [3.63, 3.8) is 0 Å². The van der Waals surface area contributed by atoms with Crippen LogP contribution in [0.3, 0.4) is 0 Å². The number of benzene rings is 2. The van der Waals surface area contributed by atoms with Gasteiger partial charge in [-0.1, -0.05) is 36.4 Å². The molecule has 2 aromatic carbocycles. The topological polar surface area (TPSA) is 160 Å². The Morgan fingerprint density at radius 1 is 0.714 bits per heavy atom. The monoisotopic (exact) mass is 489 g/mol. The zero-order valence-electron chi connectivity index (χ0n) is 19.2. The van der Waals surface area contributed by atoms with Crippen molar-refractivity contribution in [2.24, 2.45) is 0 Å². The SMILES string of the molecule is CCN(c1ccccc1)c1nc(N)nc(C#N)n1.CCN(c1ccccc1)c1nc(N)nc(Cl)n1. The van der Waals surface area contributed by atoms with Crippen LogP contribution in [0.1, 0.15) is 19.7 Å². The predicted octanol–water partition coefficient (Wildman–Crippen LogP) is 3.75. The zero-order chi connectivity index (χ0) is 25.2. The van der Waals surface area contributed by atoms with Gasteiger partial charge in [0.1, 0.15) is 6.07 Å². The van der Waals surface area contributed by atoms with E-state index in [1.807, 2.05) is 90.4 Å². The first-order valence-electron chi connectivity index (χ1n) is 10.7. The summed E-state index contributed by atoms with van der Waals surface area (Å²) in [5.74, 6) is 1.02. The Kier molecular flexibility index (Phi) is 8.64. The van der Waals surface area contributed by atoms with Crippen LogP contribution >= 0.6 is 11.6 Å². The number of hydrogen-bond acceptors (Lipinski definition) is 11. The summed E-state index contributed by atoms with van der Waals surface area (Å²) in [6, 6.07) is 21.3. The van der Waals surface area contributed by atoms with Crippen molar-refractivity contribution in [1.29, 1.82) is 5.26 Å². The van der Waals surface area contributed by atoms with Crippen molar-refractivity contribution in [2.45, 2.75) is 13.8 Å². The maximum absolute atomic E-state index is 8.83. The Morgan fingerprint density at radius 3 is 1.60 bits per heavy atom. The highest BCUT2D eigenvalue weighted by atomic mass is 35.5. The van der Waals surface area contributed by atoms with Crippen molar-refractivity contribution < 1.29 is 0 Å². The zero-order valence-corrected chi connectivity index (χ0v) is 20.0. The normalized spacial score (nSPS) is 10.0. The molecule has 0 spiro atoms. The second-order valence-corrected chi connectivity index (χ2v) is 7.19. The number of nitrogen functional groups attached to an aromatic ring is 2. The molecule has 11 nitrogen and oxygen atoms in total. The smallest absolute Gasteiger partial charge is 0.238 e. The van der Waals surface area contributed by atoms with E-state index in [4.69, 9.17) is 28.3 Å². The lowest BCUT2D eigenvalue weighted by atomic mass is 10.3. The third-order valence-electron chi connectivity index (χ3n) is 4.61. The predicted molar refractivity (Wildman–Crippen MR) is 136 cm³/mol. The van der Waals surface area contributed by atoms with Gasteiger partial charge in [-0.05, 0) is 49.7 Å². The van der Waals surface area contributed by atoms with Gasteiger partial charge in [0, 0.05) is 24.5 Å². The summed E-state index contributed by atoms with van der Waals surface area (Å²) in [4.78, 5) is 27.5. The van der Waals surface area contributed by atoms with E-state index in [-0.39, 0.29) is 23.0 Å². The maximum Gasteiger partial charge on any atom is 0.238 e. The number of aromatic nitrogens is 6. The Bertz CT molecular complexity index is 1260. The molecule has 4 aromatic rings. The molecule has 35 heavy (non-hydrogen) atoms. The molecule has 0 bridgehead atoms. The molecule has 0 aliphatic rings. The number of nitriles is 1. The van der Waals surface area contributed by atoms with Crippen LogP contribution in [0.2, 0.25) is 5.28 Å². The van der Waals surface area contributed by atoms with Gasteiger partial charge in [-0.3, -0.25) is 0 Å². The van der Waals surface area contributed by atoms with Crippen molar-refractivity contribution in [3.8, 4) is 6.07 Å². The van der Waals surface area contributed by atoms with E-state index in [1.54, 1.807) is 0 Å². The largest absolute Gasteiger partial charge is 0.368 e. The minimum Gasteiger partial charge on any atom is -0.368 e. The van der Waals surface area contributed by atoms with E-state index >= 15 is 0 Å². The van der Waals surface area contributed by atoms with Crippen LogP contribution in [-0.2, 0) is 0 Å². The lowest BCUT2D eigenvalue weighted by molar-refractivity contribution is 0.917. The molecule has 4 N–H and O–H groups in total. The standard InChI is InChI=1S/C12H12N6.C11H12ClN5/c1-2-18(9-6-4-3-5-7-9)12-16-10(8-13)15-11(14)17-12;1-2-17(8-6-4-3-5-7-8)11-15-9(12)14-10(13)16-11/h3-7H,2H2,1H3,(H2,14,15,16,17);3-7H,2H2,1H3,(H2,13,14,15,16). The highest BCUT2D eigenvalue weighted by molar-refractivity contribution is 6.28. The van der Waals surface area contributed by atoms with Crippen LogP contribution < -0.4 is 21.3 Å². The molecule has 0 aliphatic carbocycles. The van der Waals surface area contributed by atoms with Crippen molar-refractivity contribution in [3.05, 3.63) is 71.8 Å². The third kappa shape index (κ3) is 6.72. The summed E-state index contributed by atoms with van der Waals surface area (Å²) < 4.78 is 0. The highest BCUT2D eigenvalue weighted by Gasteiger charge is 2.13. The van der Waals surface area contributed by atoms with E-state index in [2.05, 4.69) is 29.9 Å². The summed E-state index contributed by atoms with van der Waals surface area (Å²) in [5.41, 5.74) is 13.0. The van der Waals surface area contributed by atoms with Crippen molar-refractivity contribution in [1.82, 2.24) is 29.9 Å². The van der Waals surface area contributed by atoms with Gasteiger partial charge in [0.05, 0.1) is 0 Å². The fourth-order valence-electron chi connectivity index (χ4n) is 3.12. The molecule has 0 saturated carbocycles. The number of para-hydroxylation sites is 2. The van der Waals surface area contributed by atoms with Gasteiger partial charge in [-0.15, -0.1) is 0 Å². The molecule has 4 rings (SSSR count). The molecule has 0 radical (unpaired) electrons. The highest BCUT2D eigenvalue weighted by Crippen LogP contribution is 2.23. The van der Waals surface area contributed by atoms with Crippen LogP contribution in [-0.4, -0.2) is 43.0 Å². The lowest BCUT2D eigenvalue weighted by Crippen LogP contribution is -2.20. The van der Waals surface area contributed by atoms with Gasteiger partial charge < -0.3 is 21.3 Å². The fraction of sp³-hybridized carbons (Fsp3) is 0.174. The van der Waals surface area contributed by atoms with Gasteiger partial charge in [0.15, 0.2) is 0 Å². The number of nitrogens with zero attached hydrogens (tertiary/aromatic N) is 9. The summed E-state index contributed by atoms with van der Waals surface area (Å²) >= 11 is 5.77. The van der Waals surface area contributed by atoms with Gasteiger partial charge in [0.2, 0.25) is 34.9 Å². The third-order valence-corrected chi connectivity index (χ3v) is 4.77. The molecule has 2 heterocycles. The van der Waals surface area contributed by atoms with Crippen LogP contribution in [0.5, 0.6) is 0 Å². The van der Waals surface area contributed by atoms with E-state index in [9.17, 15) is 0 Å². The Labute approximate surface area is 208 Å². The van der Waals surface area contributed by atoms with Crippen molar-refractivity contribution in [2.75, 3.05) is 34.4 Å². The maximum atomic E-state index is 8.83. The van der Waals surface area contributed by atoms with Gasteiger partial charge in [0.25, 0.3) is 0 Å². The summed E-state index contributed by atoms with van der Waals surface area (Å²) in [6.07, 6.45) is 0. The van der Waals surface area contributed by atoms with Gasteiger partial charge >= 0.3 is 0 Å². The minimum atomic E-state index is 0.0203. The number of hydrogen-bond donors (Lipinski definition) is 2. The van der Waals surface area contributed by atoms with Crippen molar-refractivity contribution >= 4 is 46.8 Å². The molecule has 2 aromatic heterocycles. The van der Waals surface area contributed by atoms with Crippen LogP contribution in [0.15, 0.2) is 60.7 Å². The fourth-order valence-corrected chi connectivity index (χ4v) is 3.28. The summed E-state index contributed by atoms with van der Waals surface area (Å²) in [6.45, 7) is 5.35. The molecular formula is C23H24ClN11. The van der Waals surface area contributed by atoms with Gasteiger partial charge in [-0.25, -0.2) is 0 Å². The Balaban J connectivity index is 0.000000196. The number of nitrogens with two attached hydrogens (primary N) is 2. The second kappa shape index (κ2) is 12.1. The quantitative estimate of drug-likeness (QED) is 0.405. The van der Waals surface area contributed by atoms with Gasteiger partial charge in [-0.2, -0.15) is 35.2 Å². The van der Waals surface area contributed by atoms with Crippen LogP contribution in [0.4, 0.5) is 35.2 Å².